The van der Waals surface area contributed by atoms with Crippen LogP contribution in [0.25, 0.3) is 0 Å². The highest BCUT2D eigenvalue weighted by Crippen LogP contribution is 2.13. The molecule has 0 atom stereocenters. The number of anilines is 1. The maximum absolute atomic E-state index is 13.2. The van der Waals surface area contributed by atoms with E-state index in [0.29, 0.717) is 0 Å². The van der Waals surface area contributed by atoms with E-state index >= 15 is 0 Å². The molecular weight excluding hydrogens is 172 g/mol. The molecule has 3 nitrogen and oxygen atoms in total. The van der Waals surface area contributed by atoms with Crippen molar-refractivity contribution >= 4 is 18.3 Å². The van der Waals surface area contributed by atoms with Crippen LogP contribution in [0.2, 0.25) is 0 Å². The molecule has 1 rings (SSSR count). The summed E-state index contributed by atoms with van der Waals surface area (Å²) in [4.78, 5) is 1.50. The van der Waals surface area contributed by atoms with Crippen molar-refractivity contribution in [2.24, 2.45) is 0 Å². The molecule has 0 aromatic heterocycles. The van der Waals surface area contributed by atoms with Gasteiger partial charge in [0.05, 0.1) is 5.69 Å². The van der Waals surface area contributed by atoms with Gasteiger partial charge >= 0.3 is 7.12 Å². The molecule has 70 valence electrons. The molecule has 0 bridgehead atoms. The number of halogens is 1. The minimum atomic E-state index is -1.65. The van der Waals surface area contributed by atoms with Crippen LogP contribution >= 0.6 is 0 Å². The van der Waals surface area contributed by atoms with Crippen LogP contribution in [0.3, 0.4) is 0 Å². The lowest BCUT2D eigenvalue weighted by atomic mass is 9.78. The molecule has 0 aliphatic rings. The minimum Gasteiger partial charge on any atom is -0.423 e. The summed E-state index contributed by atoms with van der Waals surface area (Å²) in [5.74, 6) is -0.462. The van der Waals surface area contributed by atoms with Gasteiger partial charge in [-0.1, -0.05) is 12.1 Å². The van der Waals surface area contributed by atoms with Crippen LogP contribution in [0.15, 0.2) is 18.2 Å². The summed E-state index contributed by atoms with van der Waals surface area (Å²) < 4.78 is 13.2. The van der Waals surface area contributed by atoms with Gasteiger partial charge in [-0.2, -0.15) is 0 Å². The van der Waals surface area contributed by atoms with Gasteiger partial charge in [0.15, 0.2) is 0 Å². The Hall–Kier alpha value is -1.07. The molecule has 0 radical (unpaired) electrons. The fourth-order valence-electron chi connectivity index (χ4n) is 1.21. The van der Waals surface area contributed by atoms with Gasteiger partial charge < -0.3 is 14.9 Å². The summed E-state index contributed by atoms with van der Waals surface area (Å²) >= 11 is 0. The van der Waals surface area contributed by atoms with Crippen molar-refractivity contribution in [3.05, 3.63) is 24.0 Å². The first-order valence-electron chi connectivity index (χ1n) is 3.86. The highest BCUT2D eigenvalue weighted by Gasteiger charge is 2.19. The SMILES string of the molecule is CN(C)c1c(F)cccc1B(O)O. The van der Waals surface area contributed by atoms with E-state index in [1.165, 1.54) is 23.1 Å². The minimum absolute atomic E-state index is 0.171. The van der Waals surface area contributed by atoms with Crippen LogP contribution in [0, 0.1) is 5.82 Å². The molecule has 1 aromatic rings. The first-order valence-corrected chi connectivity index (χ1v) is 3.86. The third-order valence-corrected chi connectivity index (χ3v) is 1.74. The van der Waals surface area contributed by atoms with Crippen molar-refractivity contribution in [2.75, 3.05) is 19.0 Å². The Morgan fingerprint density at radius 1 is 1.31 bits per heavy atom. The molecular formula is C8H11BFNO2. The first kappa shape index (κ1) is 10.0. The number of hydrogen-bond donors (Lipinski definition) is 2. The maximum atomic E-state index is 13.2. The van der Waals surface area contributed by atoms with E-state index in [9.17, 15) is 4.39 Å². The van der Waals surface area contributed by atoms with E-state index in [4.69, 9.17) is 10.0 Å². The molecule has 0 aliphatic carbocycles. The second kappa shape index (κ2) is 3.76. The summed E-state index contributed by atoms with van der Waals surface area (Å²) in [7, 11) is 1.64. The van der Waals surface area contributed by atoms with Crippen molar-refractivity contribution in [1.29, 1.82) is 0 Å². The second-order valence-corrected chi connectivity index (χ2v) is 2.95. The van der Waals surface area contributed by atoms with Gasteiger partial charge in [0, 0.05) is 19.6 Å². The summed E-state index contributed by atoms with van der Waals surface area (Å²) in [6, 6.07) is 4.20. The molecule has 13 heavy (non-hydrogen) atoms. The fourth-order valence-corrected chi connectivity index (χ4v) is 1.21. The predicted molar refractivity (Wildman–Crippen MR) is 50.6 cm³/mol. The quantitative estimate of drug-likeness (QED) is 0.611. The average Bonchev–Trinajstić information content (AvgIpc) is 2.02. The topological polar surface area (TPSA) is 43.7 Å². The van der Waals surface area contributed by atoms with Crippen molar-refractivity contribution in [2.45, 2.75) is 0 Å². The fraction of sp³-hybridized carbons (Fsp3) is 0.250. The van der Waals surface area contributed by atoms with Gasteiger partial charge in [-0.3, -0.25) is 0 Å². The lowest BCUT2D eigenvalue weighted by Crippen LogP contribution is -2.35. The van der Waals surface area contributed by atoms with E-state index in [0.717, 1.165) is 0 Å². The zero-order valence-corrected chi connectivity index (χ0v) is 7.53. The molecule has 0 amide bonds. The Kier molecular flexibility index (Phi) is 2.90. The van der Waals surface area contributed by atoms with Gasteiger partial charge in [-0.05, 0) is 6.07 Å². The van der Waals surface area contributed by atoms with E-state index in [2.05, 4.69) is 0 Å². The van der Waals surface area contributed by atoms with Gasteiger partial charge in [0.25, 0.3) is 0 Å². The number of nitrogens with zero attached hydrogens (tertiary/aromatic N) is 1. The summed E-state index contributed by atoms with van der Waals surface area (Å²) in [5.41, 5.74) is 0.377. The van der Waals surface area contributed by atoms with E-state index in [1.807, 2.05) is 0 Å². The van der Waals surface area contributed by atoms with Gasteiger partial charge in [0.2, 0.25) is 0 Å². The van der Waals surface area contributed by atoms with Crippen molar-refractivity contribution in [3.63, 3.8) is 0 Å². The van der Waals surface area contributed by atoms with E-state index in [-0.39, 0.29) is 11.2 Å². The molecule has 0 unspecified atom stereocenters. The van der Waals surface area contributed by atoms with Crippen LogP contribution < -0.4 is 10.4 Å². The zero-order valence-electron chi connectivity index (χ0n) is 7.53. The average molecular weight is 183 g/mol. The van der Waals surface area contributed by atoms with Crippen LogP contribution in [-0.2, 0) is 0 Å². The third-order valence-electron chi connectivity index (χ3n) is 1.74. The van der Waals surface area contributed by atoms with Gasteiger partial charge in [-0.15, -0.1) is 0 Å². The Morgan fingerprint density at radius 3 is 2.31 bits per heavy atom. The summed E-state index contributed by atoms with van der Waals surface area (Å²) in [6.45, 7) is 0. The monoisotopic (exact) mass is 183 g/mol. The normalized spacial score (nSPS) is 9.92. The molecule has 0 heterocycles. The van der Waals surface area contributed by atoms with Crippen molar-refractivity contribution in [3.8, 4) is 0 Å². The standard InChI is InChI=1S/C8H11BFNO2/c1-11(2)8-6(9(12)13)4-3-5-7(8)10/h3-5,12-13H,1-2H3. The molecule has 5 heteroatoms. The lowest BCUT2D eigenvalue weighted by molar-refractivity contribution is 0.425. The summed E-state index contributed by atoms with van der Waals surface area (Å²) in [5, 5.41) is 17.9. The first-order chi connectivity index (χ1) is 6.04. The number of hydrogen-bond acceptors (Lipinski definition) is 3. The van der Waals surface area contributed by atoms with E-state index in [1.54, 1.807) is 14.1 Å². The molecule has 0 saturated heterocycles. The van der Waals surface area contributed by atoms with Crippen molar-refractivity contribution < 1.29 is 14.4 Å². The Morgan fingerprint density at radius 2 is 1.92 bits per heavy atom. The van der Waals surface area contributed by atoms with Crippen molar-refractivity contribution in [1.82, 2.24) is 0 Å². The Bertz CT molecular complexity index is 304. The van der Waals surface area contributed by atoms with Gasteiger partial charge in [-0.25, -0.2) is 4.39 Å². The van der Waals surface area contributed by atoms with Crippen LogP contribution in [0.5, 0.6) is 0 Å². The Labute approximate surface area is 76.6 Å². The second-order valence-electron chi connectivity index (χ2n) is 2.95. The molecule has 2 N–H and O–H groups in total. The summed E-state index contributed by atoms with van der Waals surface area (Å²) in [6.07, 6.45) is 0. The van der Waals surface area contributed by atoms with Crippen LogP contribution in [0.4, 0.5) is 10.1 Å². The third kappa shape index (κ3) is 1.99. The molecule has 0 aliphatic heterocycles. The molecule has 0 saturated carbocycles. The Balaban J connectivity index is 3.26. The van der Waals surface area contributed by atoms with Crippen LogP contribution in [0.1, 0.15) is 0 Å². The number of benzene rings is 1. The molecule has 0 spiro atoms. The predicted octanol–water partition coefficient (Wildman–Crippen LogP) is -0.429. The lowest BCUT2D eigenvalue weighted by Gasteiger charge is -2.17. The highest BCUT2D eigenvalue weighted by atomic mass is 19.1. The molecule has 0 fully saturated rings. The largest absolute Gasteiger partial charge is 0.490 e. The number of rotatable bonds is 2. The maximum Gasteiger partial charge on any atom is 0.490 e. The number of para-hydroxylation sites is 1. The molecule has 1 aromatic carbocycles. The van der Waals surface area contributed by atoms with E-state index < -0.39 is 12.9 Å². The zero-order chi connectivity index (χ0) is 10.0. The van der Waals surface area contributed by atoms with Gasteiger partial charge in [0.1, 0.15) is 5.82 Å². The smallest absolute Gasteiger partial charge is 0.423 e. The van der Waals surface area contributed by atoms with Crippen LogP contribution in [-0.4, -0.2) is 31.3 Å². The highest BCUT2D eigenvalue weighted by molar-refractivity contribution is 6.60.